The highest BCUT2D eigenvalue weighted by Crippen LogP contribution is 2.37. The van der Waals surface area contributed by atoms with Crippen molar-refractivity contribution in [2.75, 3.05) is 7.11 Å². The third-order valence-electron chi connectivity index (χ3n) is 4.26. The highest BCUT2D eigenvalue weighted by atomic mass is 35.5. The molecule has 0 aliphatic carbocycles. The Balaban J connectivity index is 2.12. The van der Waals surface area contributed by atoms with Crippen LogP contribution in [0.15, 0.2) is 41.3 Å². The first-order chi connectivity index (χ1) is 15.5. The van der Waals surface area contributed by atoms with Crippen molar-refractivity contribution in [3.63, 3.8) is 0 Å². The first kappa shape index (κ1) is 23.9. The normalized spacial score (nSPS) is 11.4. The molecule has 0 fully saturated rings. The number of pyridine rings is 1. The third kappa shape index (κ3) is 5.38. The van der Waals surface area contributed by atoms with Crippen molar-refractivity contribution in [3.05, 3.63) is 74.3 Å². The number of benzene rings is 1. The van der Waals surface area contributed by atoms with Gasteiger partial charge in [-0.25, -0.2) is 8.78 Å². The minimum atomic E-state index is -4.96. The van der Waals surface area contributed by atoms with Gasteiger partial charge in [-0.1, -0.05) is 11.6 Å². The lowest BCUT2D eigenvalue weighted by Crippen LogP contribution is -2.25. The van der Waals surface area contributed by atoms with Crippen LogP contribution in [0.5, 0.6) is 17.4 Å². The Bertz CT molecular complexity index is 1290. The minimum absolute atomic E-state index is 0.000917. The summed E-state index contributed by atoms with van der Waals surface area (Å²) in [5, 5.41) is 15.8. The SMILES string of the molecule is COc1nnc(C(F)F)cc1Cn1ccc(C(F)(F)F)c(Oc2cc(Cl)cc(C#N)c2)c1=O. The van der Waals surface area contributed by atoms with E-state index in [1.807, 2.05) is 0 Å². The van der Waals surface area contributed by atoms with Gasteiger partial charge in [0.1, 0.15) is 17.0 Å². The molecule has 0 saturated carbocycles. The van der Waals surface area contributed by atoms with E-state index < -0.39 is 41.7 Å². The lowest BCUT2D eigenvalue weighted by Gasteiger charge is -2.16. The highest BCUT2D eigenvalue weighted by Gasteiger charge is 2.36. The molecule has 0 atom stereocenters. The standard InChI is InChI=1S/C20H12ClF5N4O3/c1-32-18-11(6-15(17(22)23)28-29-18)9-30-3-2-14(20(24,25)26)16(19(30)31)33-13-5-10(8-27)4-12(21)7-13/h2-7,17H,9H2,1H3. The van der Waals surface area contributed by atoms with Gasteiger partial charge in [-0.05, 0) is 30.3 Å². The van der Waals surface area contributed by atoms with Crippen molar-refractivity contribution in [1.82, 2.24) is 14.8 Å². The number of halogens is 6. The fraction of sp³-hybridized carbons (Fsp3) is 0.200. The summed E-state index contributed by atoms with van der Waals surface area (Å²) in [4.78, 5) is 12.9. The molecule has 0 spiro atoms. The Kier molecular flexibility index (Phi) is 6.83. The van der Waals surface area contributed by atoms with Crippen molar-refractivity contribution in [3.8, 4) is 23.4 Å². The molecule has 2 aromatic heterocycles. The molecule has 0 radical (unpaired) electrons. The fourth-order valence-corrected chi connectivity index (χ4v) is 3.04. The summed E-state index contributed by atoms with van der Waals surface area (Å²) in [7, 11) is 1.19. The molecule has 0 unspecified atom stereocenters. The van der Waals surface area contributed by atoms with E-state index in [1.54, 1.807) is 6.07 Å². The number of nitriles is 1. The maximum Gasteiger partial charge on any atom is 0.420 e. The number of methoxy groups -OCH3 is 1. The van der Waals surface area contributed by atoms with Crippen molar-refractivity contribution < 1.29 is 31.4 Å². The zero-order chi connectivity index (χ0) is 24.3. The first-order valence-corrected chi connectivity index (χ1v) is 9.29. The average Bonchev–Trinajstić information content (AvgIpc) is 2.75. The van der Waals surface area contributed by atoms with Gasteiger partial charge in [0, 0.05) is 16.8 Å². The predicted molar refractivity (Wildman–Crippen MR) is 105 cm³/mol. The molecule has 0 saturated heterocycles. The summed E-state index contributed by atoms with van der Waals surface area (Å²) in [6.45, 7) is -0.468. The van der Waals surface area contributed by atoms with Crippen LogP contribution in [0.25, 0.3) is 0 Å². The van der Waals surface area contributed by atoms with Gasteiger partial charge >= 0.3 is 6.18 Å². The van der Waals surface area contributed by atoms with E-state index >= 15 is 0 Å². The lowest BCUT2D eigenvalue weighted by atomic mass is 10.2. The summed E-state index contributed by atoms with van der Waals surface area (Å²) in [6.07, 6.45) is -7.09. The van der Waals surface area contributed by atoms with Crippen LogP contribution in [0.4, 0.5) is 22.0 Å². The molecule has 0 amide bonds. The van der Waals surface area contributed by atoms with Gasteiger partial charge in [0.25, 0.3) is 12.0 Å². The zero-order valence-electron chi connectivity index (χ0n) is 16.5. The molecule has 3 rings (SSSR count). The van der Waals surface area contributed by atoms with E-state index in [0.717, 1.165) is 29.0 Å². The number of hydrogen-bond donors (Lipinski definition) is 0. The number of rotatable bonds is 6. The van der Waals surface area contributed by atoms with Crippen LogP contribution in [0.3, 0.4) is 0 Å². The van der Waals surface area contributed by atoms with Gasteiger partial charge in [-0.2, -0.15) is 18.4 Å². The number of ether oxygens (including phenoxy) is 2. The molecule has 7 nitrogen and oxygen atoms in total. The molecular weight excluding hydrogens is 475 g/mol. The van der Waals surface area contributed by atoms with Crippen LogP contribution in [-0.2, 0) is 12.7 Å². The number of hydrogen-bond acceptors (Lipinski definition) is 6. The lowest BCUT2D eigenvalue weighted by molar-refractivity contribution is -0.138. The van der Waals surface area contributed by atoms with Crippen molar-refractivity contribution in [2.45, 2.75) is 19.1 Å². The van der Waals surface area contributed by atoms with Crippen LogP contribution < -0.4 is 15.0 Å². The van der Waals surface area contributed by atoms with E-state index in [0.29, 0.717) is 6.07 Å². The molecule has 0 aliphatic rings. The summed E-state index contributed by atoms with van der Waals surface area (Å²) in [6, 6.07) is 6.78. The third-order valence-corrected chi connectivity index (χ3v) is 4.48. The molecule has 0 N–H and O–H groups in total. The molecule has 13 heteroatoms. The van der Waals surface area contributed by atoms with E-state index in [2.05, 4.69) is 10.2 Å². The van der Waals surface area contributed by atoms with Crippen LogP contribution in [0, 0.1) is 11.3 Å². The monoisotopic (exact) mass is 486 g/mol. The van der Waals surface area contributed by atoms with Gasteiger partial charge in [0.2, 0.25) is 11.6 Å². The largest absolute Gasteiger partial charge is 0.480 e. The van der Waals surface area contributed by atoms with Crippen molar-refractivity contribution in [1.29, 1.82) is 5.26 Å². The van der Waals surface area contributed by atoms with E-state index in [4.69, 9.17) is 26.3 Å². The van der Waals surface area contributed by atoms with Gasteiger partial charge in [0.15, 0.2) is 0 Å². The molecule has 1 aromatic carbocycles. The Labute approximate surface area is 187 Å². The quantitative estimate of drug-likeness (QED) is 0.457. The number of aromatic nitrogens is 3. The van der Waals surface area contributed by atoms with Crippen LogP contribution >= 0.6 is 11.6 Å². The highest BCUT2D eigenvalue weighted by molar-refractivity contribution is 6.30. The maximum atomic E-state index is 13.5. The molecular formula is C20H12ClF5N4O3. The summed E-state index contributed by atoms with van der Waals surface area (Å²) < 4.78 is 77.6. The van der Waals surface area contributed by atoms with Gasteiger partial charge < -0.3 is 14.0 Å². The molecule has 172 valence electrons. The Morgan fingerprint density at radius 3 is 2.55 bits per heavy atom. The predicted octanol–water partition coefficient (Wildman–Crippen LogP) is 4.97. The van der Waals surface area contributed by atoms with E-state index in [-0.39, 0.29) is 27.8 Å². The average molecular weight is 487 g/mol. The van der Waals surface area contributed by atoms with Crippen LogP contribution in [0.1, 0.15) is 28.8 Å². The second kappa shape index (κ2) is 9.41. The molecule has 3 aromatic rings. The molecule has 0 bridgehead atoms. The van der Waals surface area contributed by atoms with E-state index in [1.165, 1.54) is 13.2 Å². The smallest absolute Gasteiger partial charge is 0.420 e. The van der Waals surface area contributed by atoms with Gasteiger partial charge in [0.05, 0.1) is 25.3 Å². The fourth-order valence-electron chi connectivity index (χ4n) is 2.82. The van der Waals surface area contributed by atoms with Gasteiger partial charge in [-0.3, -0.25) is 4.79 Å². The van der Waals surface area contributed by atoms with Crippen LogP contribution in [-0.4, -0.2) is 21.9 Å². The maximum absolute atomic E-state index is 13.5. The van der Waals surface area contributed by atoms with E-state index in [9.17, 15) is 26.7 Å². The molecule has 33 heavy (non-hydrogen) atoms. The molecule has 0 aliphatic heterocycles. The summed E-state index contributed by atoms with van der Waals surface area (Å²) >= 11 is 5.85. The summed E-state index contributed by atoms with van der Waals surface area (Å²) in [5.74, 6) is -1.56. The van der Waals surface area contributed by atoms with Crippen molar-refractivity contribution >= 4 is 11.6 Å². The van der Waals surface area contributed by atoms with Gasteiger partial charge in [-0.15, -0.1) is 10.2 Å². The number of alkyl halides is 5. The van der Waals surface area contributed by atoms with Crippen molar-refractivity contribution in [2.24, 2.45) is 0 Å². The first-order valence-electron chi connectivity index (χ1n) is 8.91. The topological polar surface area (TPSA) is 90.0 Å². The zero-order valence-corrected chi connectivity index (χ0v) is 17.3. The Morgan fingerprint density at radius 2 is 1.94 bits per heavy atom. The second-order valence-electron chi connectivity index (χ2n) is 6.48. The Hall–Kier alpha value is -3.72. The second-order valence-corrected chi connectivity index (χ2v) is 6.92. The summed E-state index contributed by atoms with van der Waals surface area (Å²) in [5.41, 5.74) is -3.33. The number of nitrogens with zero attached hydrogens (tertiary/aromatic N) is 4. The Morgan fingerprint density at radius 1 is 1.21 bits per heavy atom. The van der Waals surface area contributed by atoms with Crippen LogP contribution in [0.2, 0.25) is 5.02 Å². The minimum Gasteiger partial charge on any atom is -0.480 e. The molecule has 2 heterocycles.